The molecule has 0 aliphatic heterocycles. The standard InChI is InChI=1S/C17H23NO2/c1-5-20-17(19)16(14(4)18)13(3)11-12(2)15-9-7-6-8-10-15/h6-11,13H,5,18H2,1-4H3. The van der Waals surface area contributed by atoms with E-state index in [0.717, 1.165) is 11.1 Å². The van der Waals surface area contributed by atoms with Gasteiger partial charge in [0, 0.05) is 11.6 Å². The molecule has 1 rings (SSSR count). The summed E-state index contributed by atoms with van der Waals surface area (Å²) in [6, 6.07) is 10.1. The minimum atomic E-state index is -0.336. The van der Waals surface area contributed by atoms with Crippen LogP contribution in [0.3, 0.4) is 0 Å². The molecule has 0 aliphatic rings. The van der Waals surface area contributed by atoms with Gasteiger partial charge < -0.3 is 10.5 Å². The van der Waals surface area contributed by atoms with Crippen LogP contribution in [0.25, 0.3) is 5.57 Å². The smallest absolute Gasteiger partial charge is 0.336 e. The van der Waals surface area contributed by atoms with E-state index in [1.54, 1.807) is 13.8 Å². The topological polar surface area (TPSA) is 52.3 Å². The molecule has 1 aromatic rings. The fourth-order valence-corrected chi connectivity index (χ4v) is 2.17. The molecule has 0 fully saturated rings. The maximum atomic E-state index is 12.0. The zero-order chi connectivity index (χ0) is 15.1. The summed E-state index contributed by atoms with van der Waals surface area (Å²) >= 11 is 0. The van der Waals surface area contributed by atoms with Gasteiger partial charge in [-0.2, -0.15) is 0 Å². The molecule has 0 saturated heterocycles. The molecule has 20 heavy (non-hydrogen) atoms. The molecule has 0 radical (unpaired) electrons. The first-order chi connectivity index (χ1) is 9.47. The lowest BCUT2D eigenvalue weighted by atomic mass is 9.95. The predicted molar refractivity (Wildman–Crippen MR) is 82.8 cm³/mol. The van der Waals surface area contributed by atoms with Gasteiger partial charge in [0.05, 0.1) is 12.2 Å². The minimum Gasteiger partial charge on any atom is -0.463 e. The van der Waals surface area contributed by atoms with Crippen LogP contribution in [0.2, 0.25) is 0 Å². The van der Waals surface area contributed by atoms with Crippen molar-refractivity contribution in [3.63, 3.8) is 0 Å². The summed E-state index contributed by atoms with van der Waals surface area (Å²) in [4.78, 5) is 12.0. The highest BCUT2D eigenvalue weighted by molar-refractivity contribution is 5.90. The van der Waals surface area contributed by atoms with Gasteiger partial charge in [-0.05, 0) is 31.9 Å². The summed E-state index contributed by atoms with van der Waals surface area (Å²) in [7, 11) is 0. The van der Waals surface area contributed by atoms with Crippen molar-refractivity contribution in [1.82, 2.24) is 0 Å². The fourth-order valence-electron chi connectivity index (χ4n) is 2.17. The maximum absolute atomic E-state index is 12.0. The number of hydrogen-bond donors (Lipinski definition) is 1. The summed E-state index contributed by atoms with van der Waals surface area (Å²) in [6.07, 6.45) is 2.04. The van der Waals surface area contributed by atoms with E-state index in [0.29, 0.717) is 17.9 Å². The zero-order valence-corrected chi connectivity index (χ0v) is 12.6. The number of nitrogens with two attached hydrogens (primary N) is 1. The van der Waals surface area contributed by atoms with Gasteiger partial charge in [-0.1, -0.05) is 43.3 Å². The van der Waals surface area contributed by atoms with Crippen LogP contribution in [0.1, 0.15) is 33.3 Å². The molecule has 3 heteroatoms. The first-order valence-electron chi connectivity index (χ1n) is 6.84. The molecular formula is C17H23NO2. The molecule has 108 valence electrons. The van der Waals surface area contributed by atoms with E-state index in [9.17, 15) is 4.79 Å². The van der Waals surface area contributed by atoms with E-state index in [2.05, 4.69) is 0 Å². The quantitative estimate of drug-likeness (QED) is 0.659. The Morgan fingerprint density at radius 1 is 1.30 bits per heavy atom. The molecule has 0 amide bonds. The van der Waals surface area contributed by atoms with Crippen LogP contribution < -0.4 is 5.73 Å². The average molecular weight is 273 g/mol. The van der Waals surface area contributed by atoms with Gasteiger partial charge >= 0.3 is 5.97 Å². The van der Waals surface area contributed by atoms with Gasteiger partial charge in [-0.25, -0.2) is 4.79 Å². The molecule has 0 heterocycles. The lowest BCUT2D eigenvalue weighted by molar-refractivity contribution is -0.139. The van der Waals surface area contributed by atoms with Crippen LogP contribution in [0.5, 0.6) is 0 Å². The second-order valence-corrected chi connectivity index (χ2v) is 4.82. The van der Waals surface area contributed by atoms with Crippen molar-refractivity contribution in [2.24, 2.45) is 11.7 Å². The summed E-state index contributed by atoms with van der Waals surface area (Å²) in [5.41, 5.74) is 9.12. The number of benzene rings is 1. The lowest BCUT2D eigenvalue weighted by Crippen LogP contribution is -2.17. The minimum absolute atomic E-state index is 0.0840. The van der Waals surface area contributed by atoms with Crippen molar-refractivity contribution < 1.29 is 9.53 Å². The van der Waals surface area contributed by atoms with Crippen molar-refractivity contribution in [3.05, 3.63) is 53.2 Å². The summed E-state index contributed by atoms with van der Waals surface area (Å²) in [6.45, 7) is 7.85. The van der Waals surface area contributed by atoms with E-state index in [1.165, 1.54) is 0 Å². The predicted octanol–water partition coefficient (Wildman–Crippen LogP) is 3.52. The molecule has 1 aromatic carbocycles. The van der Waals surface area contributed by atoms with Crippen LogP contribution in [-0.4, -0.2) is 12.6 Å². The Bertz CT molecular complexity index is 511. The third-order valence-corrected chi connectivity index (χ3v) is 3.10. The van der Waals surface area contributed by atoms with E-state index >= 15 is 0 Å². The van der Waals surface area contributed by atoms with Gasteiger partial charge in [0.15, 0.2) is 0 Å². The van der Waals surface area contributed by atoms with E-state index in [1.807, 2.05) is 50.3 Å². The van der Waals surface area contributed by atoms with Gasteiger partial charge in [-0.15, -0.1) is 0 Å². The van der Waals surface area contributed by atoms with Gasteiger partial charge in [0.2, 0.25) is 0 Å². The normalized spacial score (nSPS) is 14.5. The highest BCUT2D eigenvalue weighted by Gasteiger charge is 2.19. The molecule has 0 aliphatic carbocycles. The largest absolute Gasteiger partial charge is 0.463 e. The number of esters is 1. The second kappa shape index (κ2) is 7.53. The highest BCUT2D eigenvalue weighted by Crippen LogP contribution is 2.22. The van der Waals surface area contributed by atoms with Gasteiger partial charge in [0.25, 0.3) is 0 Å². The average Bonchev–Trinajstić information content (AvgIpc) is 2.39. The van der Waals surface area contributed by atoms with Crippen LogP contribution >= 0.6 is 0 Å². The van der Waals surface area contributed by atoms with Crippen molar-refractivity contribution in [2.75, 3.05) is 6.61 Å². The SMILES string of the molecule is CCOC(=O)C(=C(C)N)C(C)C=C(C)c1ccccc1. The van der Waals surface area contributed by atoms with Crippen LogP contribution in [0.4, 0.5) is 0 Å². The fraction of sp³-hybridized carbons (Fsp3) is 0.353. The second-order valence-electron chi connectivity index (χ2n) is 4.82. The Labute approximate surface area is 121 Å². The first kappa shape index (κ1) is 16.0. The Balaban J connectivity index is 3.01. The van der Waals surface area contributed by atoms with Gasteiger partial charge in [-0.3, -0.25) is 0 Å². The number of rotatable bonds is 5. The van der Waals surface area contributed by atoms with Crippen molar-refractivity contribution in [3.8, 4) is 0 Å². The molecule has 2 N–H and O–H groups in total. The molecule has 0 bridgehead atoms. The summed E-state index contributed by atoms with van der Waals surface area (Å²) < 4.78 is 5.07. The van der Waals surface area contributed by atoms with Gasteiger partial charge in [0.1, 0.15) is 0 Å². The molecule has 0 aromatic heterocycles. The lowest BCUT2D eigenvalue weighted by Gasteiger charge is -2.14. The Morgan fingerprint density at radius 2 is 1.90 bits per heavy atom. The zero-order valence-electron chi connectivity index (χ0n) is 12.6. The number of hydrogen-bond acceptors (Lipinski definition) is 3. The number of ether oxygens (including phenoxy) is 1. The molecule has 1 unspecified atom stereocenters. The Hall–Kier alpha value is -2.03. The van der Waals surface area contributed by atoms with Crippen molar-refractivity contribution >= 4 is 11.5 Å². The Kier molecular flexibility index (Phi) is 6.04. The van der Waals surface area contributed by atoms with Crippen LogP contribution in [0.15, 0.2) is 47.7 Å². The van der Waals surface area contributed by atoms with Crippen molar-refractivity contribution in [1.29, 1.82) is 0 Å². The molecule has 0 saturated carbocycles. The third kappa shape index (κ3) is 4.26. The number of allylic oxidation sites excluding steroid dienone is 3. The number of carbonyl (C=O) groups is 1. The maximum Gasteiger partial charge on any atom is 0.336 e. The van der Waals surface area contributed by atoms with E-state index in [4.69, 9.17) is 10.5 Å². The van der Waals surface area contributed by atoms with Crippen LogP contribution in [-0.2, 0) is 9.53 Å². The summed E-state index contributed by atoms with van der Waals surface area (Å²) in [5.74, 6) is -0.420. The molecule has 0 spiro atoms. The van der Waals surface area contributed by atoms with Crippen molar-refractivity contribution in [2.45, 2.75) is 27.7 Å². The van der Waals surface area contributed by atoms with E-state index in [-0.39, 0.29) is 11.9 Å². The Morgan fingerprint density at radius 3 is 2.40 bits per heavy atom. The molecule has 1 atom stereocenters. The summed E-state index contributed by atoms with van der Waals surface area (Å²) in [5, 5.41) is 0. The first-order valence-corrected chi connectivity index (χ1v) is 6.84. The molecule has 3 nitrogen and oxygen atoms in total. The van der Waals surface area contributed by atoms with Crippen LogP contribution in [0, 0.1) is 5.92 Å². The number of carbonyl (C=O) groups excluding carboxylic acids is 1. The monoisotopic (exact) mass is 273 g/mol. The molecular weight excluding hydrogens is 250 g/mol. The van der Waals surface area contributed by atoms with E-state index < -0.39 is 0 Å². The highest BCUT2D eigenvalue weighted by atomic mass is 16.5. The third-order valence-electron chi connectivity index (χ3n) is 3.10.